The minimum atomic E-state index is -1.82. The molecule has 0 heterocycles. The molecule has 192 valence electrons. The Kier molecular flexibility index (Phi) is 10.6. The van der Waals surface area contributed by atoms with E-state index in [9.17, 15) is 29.6 Å². The minimum absolute atomic E-state index is 0.0168. The number of nitro groups is 1. The van der Waals surface area contributed by atoms with E-state index in [2.05, 4.69) is 10.3 Å². The van der Waals surface area contributed by atoms with Gasteiger partial charge in [0.2, 0.25) is 0 Å². The molecule has 13 nitrogen and oxygen atoms in total. The topological polar surface area (TPSA) is 203 Å². The summed E-state index contributed by atoms with van der Waals surface area (Å²) in [6.45, 7) is -0.0796. The highest BCUT2D eigenvalue weighted by molar-refractivity contribution is 5.88. The molecule has 2 atom stereocenters. The maximum Gasteiger partial charge on any atom is 0.408 e. The summed E-state index contributed by atoms with van der Waals surface area (Å²) in [5.41, 5.74) is 11.7. The molecule has 2 rings (SSSR count). The van der Waals surface area contributed by atoms with Gasteiger partial charge < -0.3 is 26.6 Å². The molecule has 1 unspecified atom stereocenters. The van der Waals surface area contributed by atoms with Gasteiger partial charge in [-0.3, -0.25) is 9.79 Å². The average Bonchev–Trinajstić information content (AvgIpc) is 2.84. The summed E-state index contributed by atoms with van der Waals surface area (Å²) in [7, 11) is 0. The zero-order valence-electron chi connectivity index (χ0n) is 19.4. The van der Waals surface area contributed by atoms with Crippen LogP contribution in [-0.2, 0) is 27.4 Å². The Hall–Kier alpha value is -4.68. The fraction of sp³-hybridized carbons (Fsp3) is 0.304. The maximum atomic E-state index is 13.3. The van der Waals surface area contributed by atoms with Gasteiger partial charge in [0.25, 0.3) is 0 Å². The average molecular weight is 501 g/mol. The number of nitrogens with zero attached hydrogens (tertiary/aromatic N) is 3. The standard InChI is InChI=1S/C23H28N6O7/c24-22(25)26-13-7-12-19(21(31)32)28(29(34)35)20(30)18(14-16-8-3-1-4-9-16)27-23(33)36-15-17-10-5-2-6-11-17/h1-6,8-11,18-19H,7,12-15H2,(H,27,33)(H,31,32)(H4,24,25,26)/t18-,19?/m0/s1. The highest BCUT2D eigenvalue weighted by Crippen LogP contribution is 2.14. The van der Waals surface area contributed by atoms with E-state index in [0.717, 1.165) is 0 Å². The van der Waals surface area contributed by atoms with Crippen molar-refractivity contribution >= 4 is 23.9 Å². The first-order chi connectivity index (χ1) is 17.2. The third-order valence-electron chi connectivity index (χ3n) is 5.00. The summed E-state index contributed by atoms with van der Waals surface area (Å²) >= 11 is 0. The lowest BCUT2D eigenvalue weighted by Crippen LogP contribution is -2.56. The van der Waals surface area contributed by atoms with Gasteiger partial charge in [-0.05, 0) is 29.0 Å². The summed E-state index contributed by atoms with van der Waals surface area (Å²) in [4.78, 5) is 53.1. The Bertz CT molecular complexity index is 1060. The largest absolute Gasteiger partial charge is 0.480 e. The molecule has 36 heavy (non-hydrogen) atoms. The number of ether oxygens (including phenoxy) is 1. The first-order valence-corrected chi connectivity index (χ1v) is 11.0. The summed E-state index contributed by atoms with van der Waals surface area (Å²) < 4.78 is 5.15. The summed E-state index contributed by atoms with van der Waals surface area (Å²) in [5, 5.41) is 22.7. The number of carboxylic acid groups (broad SMARTS) is 1. The second kappa shape index (κ2) is 13.9. The van der Waals surface area contributed by atoms with E-state index < -0.39 is 35.1 Å². The number of alkyl carbamates (subject to hydrolysis) is 1. The zero-order chi connectivity index (χ0) is 26.5. The number of amides is 2. The van der Waals surface area contributed by atoms with Crippen molar-refractivity contribution in [3.05, 3.63) is 81.9 Å². The van der Waals surface area contributed by atoms with Crippen molar-refractivity contribution in [2.75, 3.05) is 6.54 Å². The minimum Gasteiger partial charge on any atom is -0.480 e. The highest BCUT2D eigenvalue weighted by Gasteiger charge is 2.42. The van der Waals surface area contributed by atoms with E-state index in [1.807, 2.05) is 0 Å². The number of hydrogen-bond donors (Lipinski definition) is 4. The molecule has 0 aromatic heterocycles. The van der Waals surface area contributed by atoms with Crippen LogP contribution < -0.4 is 16.8 Å². The third-order valence-corrected chi connectivity index (χ3v) is 5.00. The molecule has 2 aromatic carbocycles. The van der Waals surface area contributed by atoms with Crippen molar-refractivity contribution < 1.29 is 29.3 Å². The molecule has 0 bridgehead atoms. The molecule has 0 spiro atoms. The number of rotatable bonds is 13. The van der Waals surface area contributed by atoms with E-state index in [0.29, 0.717) is 11.1 Å². The van der Waals surface area contributed by atoms with Gasteiger partial charge in [0.1, 0.15) is 12.6 Å². The van der Waals surface area contributed by atoms with Crippen LogP contribution in [0.2, 0.25) is 0 Å². The lowest BCUT2D eigenvalue weighted by Gasteiger charge is -2.24. The van der Waals surface area contributed by atoms with E-state index in [4.69, 9.17) is 16.2 Å². The zero-order valence-corrected chi connectivity index (χ0v) is 19.4. The van der Waals surface area contributed by atoms with Gasteiger partial charge in [-0.25, -0.2) is 19.7 Å². The van der Waals surface area contributed by atoms with E-state index in [-0.39, 0.29) is 43.4 Å². The van der Waals surface area contributed by atoms with Crippen molar-refractivity contribution in [2.24, 2.45) is 16.5 Å². The van der Waals surface area contributed by atoms with Crippen molar-refractivity contribution in [1.82, 2.24) is 10.3 Å². The number of nitrogens with two attached hydrogens (primary N) is 2. The second-order valence-corrected chi connectivity index (χ2v) is 7.67. The summed E-state index contributed by atoms with van der Waals surface area (Å²) in [5.74, 6) is -3.02. The van der Waals surface area contributed by atoms with Crippen LogP contribution in [0.3, 0.4) is 0 Å². The van der Waals surface area contributed by atoms with E-state index in [1.54, 1.807) is 60.7 Å². The van der Waals surface area contributed by atoms with Crippen LogP contribution in [0.25, 0.3) is 0 Å². The van der Waals surface area contributed by atoms with Crippen LogP contribution >= 0.6 is 0 Å². The lowest BCUT2D eigenvalue weighted by atomic mass is 10.0. The summed E-state index contributed by atoms with van der Waals surface area (Å²) in [6, 6.07) is 13.9. The quantitative estimate of drug-likeness (QED) is 0.102. The Morgan fingerprint density at radius 1 is 1.06 bits per heavy atom. The number of hydrogen-bond acceptors (Lipinski definition) is 7. The van der Waals surface area contributed by atoms with Crippen molar-refractivity contribution in [1.29, 1.82) is 0 Å². The number of benzene rings is 2. The van der Waals surface area contributed by atoms with Gasteiger partial charge in [-0.2, -0.15) is 0 Å². The van der Waals surface area contributed by atoms with Gasteiger partial charge in [-0.1, -0.05) is 60.7 Å². The number of nitrogens with one attached hydrogen (secondary N) is 1. The summed E-state index contributed by atoms with van der Waals surface area (Å²) in [6.07, 6.45) is -1.36. The molecule has 0 aliphatic carbocycles. The molecule has 2 aromatic rings. The molecule has 0 radical (unpaired) electrons. The third kappa shape index (κ3) is 8.93. The van der Waals surface area contributed by atoms with Crippen LogP contribution in [0.5, 0.6) is 0 Å². The van der Waals surface area contributed by atoms with Crippen LogP contribution in [0.1, 0.15) is 24.0 Å². The monoisotopic (exact) mass is 500 g/mol. The fourth-order valence-electron chi connectivity index (χ4n) is 3.31. The predicted octanol–water partition coefficient (Wildman–Crippen LogP) is 1.05. The van der Waals surface area contributed by atoms with Crippen LogP contribution in [-0.4, -0.2) is 57.7 Å². The van der Waals surface area contributed by atoms with Gasteiger partial charge in [0, 0.05) is 13.0 Å². The van der Waals surface area contributed by atoms with E-state index >= 15 is 0 Å². The van der Waals surface area contributed by atoms with Gasteiger partial charge in [0.15, 0.2) is 17.0 Å². The second-order valence-electron chi connectivity index (χ2n) is 7.67. The van der Waals surface area contributed by atoms with Crippen LogP contribution in [0.4, 0.5) is 4.79 Å². The van der Waals surface area contributed by atoms with Crippen LogP contribution in [0, 0.1) is 10.1 Å². The number of guanidine groups is 1. The fourth-order valence-corrected chi connectivity index (χ4v) is 3.31. The lowest BCUT2D eigenvalue weighted by molar-refractivity contribution is -0.640. The molecular formula is C23H28N6O7. The number of aliphatic carboxylic acids is 1. The Balaban J connectivity index is 2.23. The Morgan fingerprint density at radius 2 is 1.64 bits per heavy atom. The number of aliphatic imine (C=N–C) groups is 1. The van der Waals surface area contributed by atoms with Crippen molar-refractivity contribution in [3.8, 4) is 0 Å². The SMILES string of the molecule is NC(N)=NCCCC(C(=O)O)N(C(=O)[C@H](Cc1ccccc1)NC(=O)OCc1ccccc1)[N+](=O)[O-]. The van der Waals surface area contributed by atoms with Crippen molar-refractivity contribution in [2.45, 2.75) is 38.0 Å². The molecule has 6 N–H and O–H groups in total. The molecule has 2 amide bonds. The van der Waals surface area contributed by atoms with Gasteiger partial charge >= 0.3 is 18.0 Å². The molecule has 0 aliphatic heterocycles. The Labute approximate surface area is 206 Å². The number of carbonyl (C=O) groups is 3. The number of carbonyl (C=O) groups excluding carboxylic acids is 2. The number of hydrazine groups is 1. The van der Waals surface area contributed by atoms with Gasteiger partial charge in [0.05, 0.1) is 0 Å². The molecule has 0 fully saturated rings. The molecule has 13 heteroatoms. The molecule has 0 saturated carbocycles. The predicted molar refractivity (Wildman–Crippen MR) is 129 cm³/mol. The number of carboxylic acids is 1. The van der Waals surface area contributed by atoms with Crippen LogP contribution in [0.15, 0.2) is 65.7 Å². The molecule has 0 aliphatic rings. The normalized spacial score (nSPS) is 12.0. The van der Waals surface area contributed by atoms with Crippen molar-refractivity contribution in [3.63, 3.8) is 0 Å². The van der Waals surface area contributed by atoms with E-state index in [1.165, 1.54) is 0 Å². The maximum absolute atomic E-state index is 13.3. The van der Waals surface area contributed by atoms with Gasteiger partial charge in [-0.15, -0.1) is 0 Å². The molecule has 0 saturated heterocycles. The Morgan fingerprint density at radius 3 is 2.17 bits per heavy atom. The first kappa shape index (κ1) is 27.6. The first-order valence-electron chi connectivity index (χ1n) is 11.0. The highest BCUT2D eigenvalue weighted by atomic mass is 16.7. The molecular weight excluding hydrogens is 472 g/mol. The smallest absolute Gasteiger partial charge is 0.408 e.